The van der Waals surface area contributed by atoms with Gasteiger partial charge in [-0.25, -0.2) is 15.0 Å². The van der Waals surface area contributed by atoms with Crippen LogP contribution in [0.3, 0.4) is 0 Å². The number of aromatic nitrogens is 3. The van der Waals surface area contributed by atoms with Crippen LogP contribution < -0.4 is 0 Å². The number of hydrogen-bond acceptors (Lipinski definition) is 3. The van der Waals surface area contributed by atoms with Crippen LogP contribution in [0.1, 0.15) is 25.0 Å². The molecular formula is C54H37N3. The third-order valence-electron chi connectivity index (χ3n) is 11.9. The maximum absolute atomic E-state index is 5.19. The fourth-order valence-corrected chi connectivity index (χ4v) is 9.14. The molecule has 3 heteroatoms. The highest BCUT2D eigenvalue weighted by Gasteiger charge is 2.35. The van der Waals surface area contributed by atoms with Crippen molar-refractivity contribution in [1.29, 1.82) is 0 Å². The van der Waals surface area contributed by atoms with Crippen molar-refractivity contribution in [3.8, 4) is 67.5 Å². The van der Waals surface area contributed by atoms with Gasteiger partial charge in [0.2, 0.25) is 0 Å². The summed E-state index contributed by atoms with van der Waals surface area (Å²) in [4.78, 5) is 15.4. The van der Waals surface area contributed by atoms with E-state index in [1.165, 1.54) is 71.3 Å². The molecule has 0 atom stereocenters. The maximum atomic E-state index is 5.19. The summed E-state index contributed by atoms with van der Waals surface area (Å²) in [5.41, 5.74) is 12.8. The minimum atomic E-state index is -0.130. The van der Waals surface area contributed by atoms with Gasteiger partial charge in [-0.1, -0.05) is 196 Å². The summed E-state index contributed by atoms with van der Waals surface area (Å²) in [6, 6.07) is 67.4. The average molecular weight is 728 g/mol. The Morgan fingerprint density at radius 1 is 0.333 bits per heavy atom. The smallest absolute Gasteiger partial charge is 0.164 e. The molecule has 0 spiro atoms. The van der Waals surface area contributed by atoms with Gasteiger partial charge in [0.1, 0.15) is 0 Å². The van der Waals surface area contributed by atoms with Crippen molar-refractivity contribution in [2.75, 3.05) is 0 Å². The predicted molar refractivity (Wildman–Crippen MR) is 237 cm³/mol. The second kappa shape index (κ2) is 12.9. The molecule has 0 radical (unpaired) electrons. The zero-order valence-corrected chi connectivity index (χ0v) is 31.7. The Hall–Kier alpha value is -7.23. The third-order valence-corrected chi connectivity index (χ3v) is 11.9. The van der Waals surface area contributed by atoms with Crippen molar-refractivity contribution in [2.45, 2.75) is 19.3 Å². The van der Waals surface area contributed by atoms with Crippen LogP contribution in [0.2, 0.25) is 0 Å². The zero-order valence-electron chi connectivity index (χ0n) is 31.7. The molecule has 268 valence electrons. The maximum Gasteiger partial charge on any atom is 0.164 e. The molecule has 0 saturated carbocycles. The molecular weight excluding hydrogens is 691 g/mol. The molecule has 10 aromatic rings. The third kappa shape index (κ3) is 5.31. The Balaban J connectivity index is 1.09. The van der Waals surface area contributed by atoms with Gasteiger partial charge >= 0.3 is 0 Å². The van der Waals surface area contributed by atoms with Crippen molar-refractivity contribution in [1.82, 2.24) is 15.0 Å². The first-order chi connectivity index (χ1) is 28.0. The van der Waals surface area contributed by atoms with Crippen molar-refractivity contribution in [3.63, 3.8) is 0 Å². The lowest BCUT2D eigenvalue weighted by Gasteiger charge is -2.21. The topological polar surface area (TPSA) is 38.7 Å². The average Bonchev–Trinajstić information content (AvgIpc) is 3.51. The van der Waals surface area contributed by atoms with Gasteiger partial charge in [-0.15, -0.1) is 0 Å². The van der Waals surface area contributed by atoms with Crippen LogP contribution in [-0.2, 0) is 5.41 Å². The fourth-order valence-electron chi connectivity index (χ4n) is 9.14. The molecule has 0 N–H and O–H groups in total. The molecule has 57 heavy (non-hydrogen) atoms. The Morgan fingerprint density at radius 3 is 1.54 bits per heavy atom. The molecule has 1 aromatic heterocycles. The number of fused-ring (bicyclic) bond motifs is 7. The van der Waals surface area contributed by atoms with Crippen LogP contribution in [-0.4, -0.2) is 15.0 Å². The molecule has 1 aliphatic carbocycles. The van der Waals surface area contributed by atoms with Gasteiger partial charge in [0, 0.05) is 22.1 Å². The van der Waals surface area contributed by atoms with E-state index >= 15 is 0 Å². The van der Waals surface area contributed by atoms with Crippen LogP contribution in [0.4, 0.5) is 0 Å². The molecule has 0 fully saturated rings. The van der Waals surface area contributed by atoms with Crippen LogP contribution in [0.25, 0.3) is 99.9 Å². The highest BCUT2D eigenvalue weighted by Crippen LogP contribution is 2.50. The van der Waals surface area contributed by atoms with Crippen LogP contribution >= 0.6 is 0 Å². The predicted octanol–water partition coefficient (Wildman–Crippen LogP) is 14.0. The molecule has 0 aliphatic heterocycles. The molecule has 1 aliphatic rings. The molecule has 0 bridgehead atoms. The monoisotopic (exact) mass is 727 g/mol. The Morgan fingerprint density at radius 2 is 0.825 bits per heavy atom. The first-order valence-electron chi connectivity index (χ1n) is 19.6. The van der Waals surface area contributed by atoms with E-state index in [2.05, 4.69) is 184 Å². The van der Waals surface area contributed by atoms with Gasteiger partial charge < -0.3 is 0 Å². The number of hydrogen-bond donors (Lipinski definition) is 0. The highest BCUT2D eigenvalue weighted by atomic mass is 15.0. The summed E-state index contributed by atoms with van der Waals surface area (Å²) in [7, 11) is 0. The van der Waals surface area contributed by atoms with Gasteiger partial charge in [-0.05, 0) is 82.9 Å². The molecule has 0 amide bonds. The number of nitrogens with zero attached hydrogens (tertiary/aromatic N) is 3. The Labute approximate surface area is 332 Å². The van der Waals surface area contributed by atoms with E-state index in [1.54, 1.807) is 0 Å². The van der Waals surface area contributed by atoms with Crippen molar-refractivity contribution >= 4 is 32.3 Å². The molecule has 3 nitrogen and oxygen atoms in total. The lowest BCUT2D eigenvalue weighted by atomic mass is 9.82. The van der Waals surface area contributed by atoms with Gasteiger partial charge in [0.25, 0.3) is 0 Å². The van der Waals surface area contributed by atoms with E-state index in [1.807, 2.05) is 18.2 Å². The standard InChI is InChI=1S/C54H37N3/c1-54(2)46-24-14-13-21-41(46)42-31-30-39(33-47(42)54)53-56-51(37-18-7-4-8-19-37)55-52(57-53)38-27-25-36(26-28-38)49-44-23-12-11-22-43(44)48(35-16-5-3-6-17-35)45-32-29-34-15-9-10-20-40(34)50(45)49/h3-33H,1-2H3. The minimum Gasteiger partial charge on any atom is -0.208 e. The molecule has 0 saturated heterocycles. The van der Waals surface area contributed by atoms with Crippen LogP contribution in [0.15, 0.2) is 188 Å². The first-order valence-corrected chi connectivity index (χ1v) is 19.6. The second-order valence-corrected chi connectivity index (χ2v) is 15.6. The summed E-state index contributed by atoms with van der Waals surface area (Å²) in [6.07, 6.45) is 0. The van der Waals surface area contributed by atoms with Gasteiger partial charge in [-0.3, -0.25) is 0 Å². The number of benzene rings is 9. The fraction of sp³-hybridized carbons (Fsp3) is 0.0556. The Bertz CT molecular complexity index is 3180. The molecule has 9 aromatic carbocycles. The van der Waals surface area contributed by atoms with Gasteiger partial charge in [0.15, 0.2) is 17.5 Å². The zero-order chi connectivity index (χ0) is 38.1. The van der Waals surface area contributed by atoms with Crippen LogP contribution in [0.5, 0.6) is 0 Å². The normalized spacial score (nSPS) is 12.9. The quantitative estimate of drug-likeness (QED) is 0.131. The summed E-state index contributed by atoms with van der Waals surface area (Å²) < 4.78 is 0. The summed E-state index contributed by atoms with van der Waals surface area (Å²) in [5, 5.41) is 7.43. The van der Waals surface area contributed by atoms with E-state index < -0.39 is 0 Å². The van der Waals surface area contributed by atoms with E-state index in [4.69, 9.17) is 15.0 Å². The van der Waals surface area contributed by atoms with Crippen molar-refractivity contribution in [3.05, 3.63) is 199 Å². The lowest BCUT2D eigenvalue weighted by Crippen LogP contribution is -2.15. The van der Waals surface area contributed by atoms with E-state index in [0.717, 1.165) is 22.3 Å². The lowest BCUT2D eigenvalue weighted by molar-refractivity contribution is 0.660. The molecule has 0 unspecified atom stereocenters. The summed E-state index contributed by atoms with van der Waals surface area (Å²) >= 11 is 0. The van der Waals surface area contributed by atoms with Crippen molar-refractivity contribution in [2.24, 2.45) is 0 Å². The minimum absolute atomic E-state index is 0.130. The summed E-state index contributed by atoms with van der Waals surface area (Å²) in [6.45, 7) is 4.61. The SMILES string of the molecule is CC1(C)c2ccccc2-c2ccc(-c3nc(-c4ccccc4)nc(-c4ccc(-c5c6ccccc6c(-c6ccccc6)c6ccc7ccccc7c56)cc4)n3)cc21. The van der Waals surface area contributed by atoms with Gasteiger partial charge in [-0.2, -0.15) is 0 Å². The first kappa shape index (κ1) is 33.1. The largest absolute Gasteiger partial charge is 0.208 e. The molecule has 1 heterocycles. The summed E-state index contributed by atoms with van der Waals surface area (Å²) in [5.74, 6) is 1.97. The number of rotatable bonds is 5. The van der Waals surface area contributed by atoms with Gasteiger partial charge in [0.05, 0.1) is 0 Å². The van der Waals surface area contributed by atoms with Crippen LogP contribution in [0, 0.1) is 0 Å². The Kier molecular flexibility index (Phi) is 7.52. The van der Waals surface area contributed by atoms with E-state index in [9.17, 15) is 0 Å². The van der Waals surface area contributed by atoms with Crippen molar-refractivity contribution < 1.29 is 0 Å². The van der Waals surface area contributed by atoms with E-state index in [-0.39, 0.29) is 5.41 Å². The highest BCUT2D eigenvalue weighted by molar-refractivity contribution is 6.27. The molecule has 11 rings (SSSR count). The second-order valence-electron chi connectivity index (χ2n) is 15.6. The van der Waals surface area contributed by atoms with E-state index in [0.29, 0.717) is 17.5 Å².